The summed E-state index contributed by atoms with van der Waals surface area (Å²) in [6, 6.07) is 14.3. The second kappa shape index (κ2) is 7.93. The number of hydrogen-bond acceptors (Lipinski definition) is 5. The maximum absolute atomic E-state index is 4.44. The Morgan fingerprint density at radius 2 is 1.73 bits per heavy atom. The molecule has 0 radical (unpaired) electrons. The van der Waals surface area contributed by atoms with Crippen molar-refractivity contribution in [1.29, 1.82) is 0 Å². The molecule has 26 heavy (non-hydrogen) atoms. The van der Waals surface area contributed by atoms with Crippen molar-refractivity contribution in [2.75, 3.05) is 37.6 Å². The molecule has 1 saturated heterocycles. The van der Waals surface area contributed by atoms with Crippen LogP contribution in [0.1, 0.15) is 5.56 Å². The summed E-state index contributed by atoms with van der Waals surface area (Å²) in [4.78, 5) is 13.5. The van der Waals surface area contributed by atoms with Crippen LogP contribution < -0.4 is 4.90 Å². The van der Waals surface area contributed by atoms with Gasteiger partial charge in [0.05, 0.1) is 0 Å². The van der Waals surface area contributed by atoms with E-state index in [0.29, 0.717) is 0 Å². The zero-order valence-corrected chi connectivity index (χ0v) is 14.6. The maximum atomic E-state index is 4.44. The van der Waals surface area contributed by atoms with Crippen molar-refractivity contribution < 1.29 is 0 Å². The van der Waals surface area contributed by atoms with Gasteiger partial charge in [0.2, 0.25) is 0 Å². The molecule has 6 heteroatoms. The Bertz CT molecular complexity index is 836. The van der Waals surface area contributed by atoms with Crippen LogP contribution in [0, 0.1) is 0 Å². The highest BCUT2D eigenvalue weighted by Gasteiger charge is 2.17. The topological polar surface area (TPSA) is 50.1 Å². The molecule has 0 amide bonds. The lowest BCUT2D eigenvalue weighted by Gasteiger charge is -2.34. The molecule has 1 aliphatic heterocycles. The smallest absolute Gasteiger partial charge is 0.158 e. The van der Waals surface area contributed by atoms with Gasteiger partial charge in [-0.3, -0.25) is 4.90 Å². The third kappa shape index (κ3) is 3.97. The van der Waals surface area contributed by atoms with Crippen molar-refractivity contribution in [1.82, 2.24) is 24.6 Å². The Balaban J connectivity index is 1.32. The lowest BCUT2D eigenvalue weighted by atomic mass is 10.2. The van der Waals surface area contributed by atoms with Gasteiger partial charge in [0, 0.05) is 51.2 Å². The van der Waals surface area contributed by atoms with Gasteiger partial charge in [0.15, 0.2) is 5.82 Å². The van der Waals surface area contributed by atoms with Crippen LogP contribution in [0.5, 0.6) is 0 Å². The van der Waals surface area contributed by atoms with Crippen molar-refractivity contribution in [2.24, 2.45) is 0 Å². The normalized spacial score (nSPS) is 15.6. The van der Waals surface area contributed by atoms with Gasteiger partial charge in [-0.1, -0.05) is 42.5 Å². The minimum Gasteiger partial charge on any atom is -0.354 e. The lowest BCUT2D eigenvalue weighted by molar-refractivity contribution is 0.283. The molecule has 1 aliphatic rings. The summed E-state index contributed by atoms with van der Waals surface area (Å²) in [5.74, 6) is 1.76. The predicted molar refractivity (Wildman–Crippen MR) is 103 cm³/mol. The van der Waals surface area contributed by atoms with Crippen molar-refractivity contribution in [3.8, 4) is 5.82 Å². The highest BCUT2D eigenvalue weighted by Crippen LogP contribution is 2.15. The molecule has 0 spiro atoms. The van der Waals surface area contributed by atoms with Crippen molar-refractivity contribution in [3.63, 3.8) is 0 Å². The molecule has 0 bridgehead atoms. The molecule has 0 unspecified atom stereocenters. The van der Waals surface area contributed by atoms with E-state index in [1.807, 2.05) is 24.4 Å². The number of benzene rings is 1. The predicted octanol–water partition coefficient (Wildman–Crippen LogP) is 2.50. The second-order valence-electron chi connectivity index (χ2n) is 6.29. The minimum absolute atomic E-state index is 0.799. The summed E-state index contributed by atoms with van der Waals surface area (Å²) < 4.78 is 1.76. The second-order valence-corrected chi connectivity index (χ2v) is 6.29. The van der Waals surface area contributed by atoms with Gasteiger partial charge in [0.1, 0.15) is 12.1 Å². The van der Waals surface area contributed by atoms with E-state index in [2.05, 4.69) is 61.3 Å². The Morgan fingerprint density at radius 1 is 0.923 bits per heavy atom. The number of aromatic nitrogens is 4. The molecular weight excluding hydrogens is 324 g/mol. The van der Waals surface area contributed by atoms with E-state index in [1.54, 1.807) is 17.2 Å². The quantitative estimate of drug-likeness (QED) is 0.710. The Kier molecular flexibility index (Phi) is 5.02. The number of anilines is 1. The summed E-state index contributed by atoms with van der Waals surface area (Å²) in [5.41, 5.74) is 1.25. The Labute approximate surface area is 153 Å². The van der Waals surface area contributed by atoms with E-state index in [-0.39, 0.29) is 0 Å². The van der Waals surface area contributed by atoms with Crippen LogP contribution in [0.3, 0.4) is 0 Å². The number of rotatable bonds is 5. The van der Waals surface area contributed by atoms with E-state index in [0.717, 1.165) is 44.4 Å². The fourth-order valence-electron chi connectivity index (χ4n) is 3.10. The first-order chi connectivity index (χ1) is 12.9. The lowest BCUT2D eigenvalue weighted by Crippen LogP contribution is -2.46. The van der Waals surface area contributed by atoms with Gasteiger partial charge < -0.3 is 4.90 Å². The van der Waals surface area contributed by atoms with Gasteiger partial charge in [-0.2, -0.15) is 5.10 Å². The van der Waals surface area contributed by atoms with E-state index < -0.39 is 0 Å². The van der Waals surface area contributed by atoms with Crippen LogP contribution in [0.25, 0.3) is 11.9 Å². The molecule has 0 saturated carbocycles. The summed E-state index contributed by atoms with van der Waals surface area (Å²) in [6.07, 6.45) is 9.69. The minimum atomic E-state index is 0.799. The molecule has 132 valence electrons. The number of nitrogens with zero attached hydrogens (tertiary/aromatic N) is 6. The first-order valence-corrected chi connectivity index (χ1v) is 8.89. The molecular formula is C20H22N6. The van der Waals surface area contributed by atoms with Crippen LogP contribution in [-0.2, 0) is 0 Å². The summed E-state index contributed by atoms with van der Waals surface area (Å²) >= 11 is 0. The van der Waals surface area contributed by atoms with E-state index >= 15 is 0 Å². The van der Waals surface area contributed by atoms with Gasteiger partial charge in [-0.25, -0.2) is 14.6 Å². The van der Waals surface area contributed by atoms with Crippen LogP contribution in [0.2, 0.25) is 0 Å². The summed E-state index contributed by atoms with van der Waals surface area (Å²) in [6.45, 7) is 4.97. The third-order valence-electron chi connectivity index (χ3n) is 4.55. The molecule has 0 atom stereocenters. The zero-order valence-electron chi connectivity index (χ0n) is 14.6. The number of piperazine rings is 1. The fourth-order valence-corrected chi connectivity index (χ4v) is 3.10. The average molecular weight is 346 g/mol. The van der Waals surface area contributed by atoms with Crippen molar-refractivity contribution in [3.05, 3.63) is 72.8 Å². The summed E-state index contributed by atoms with van der Waals surface area (Å²) in [5, 5.41) is 4.24. The highest BCUT2D eigenvalue weighted by atomic mass is 15.3. The average Bonchev–Trinajstić information content (AvgIpc) is 3.24. The van der Waals surface area contributed by atoms with Gasteiger partial charge in [-0.05, 0) is 11.6 Å². The first kappa shape index (κ1) is 16.5. The van der Waals surface area contributed by atoms with Crippen LogP contribution in [0.4, 0.5) is 5.82 Å². The molecule has 1 aromatic carbocycles. The number of hydrogen-bond donors (Lipinski definition) is 0. The molecule has 2 aromatic heterocycles. The maximum Gasteiger partial charge on any atom is 0.158 e. The largest absolute Gasteiger partial charge is 0.354 e. The van der Waals surface area contributed by atoms with Gasteiger partial charge in [0.25, 0.3) is 0 Å². The molecule has 3 aromatic rings. The highest BCUT2D eigenvalue weighted by molar-refractivity contribution is 5.49. The van der Waals surface area contributed by atoms with Crippen molar-refractivity contribution >= 4 is 11.9 Å². The Hall–Kier alpha value is -2.99. The van der Waals surface area contributed by atoms with E-state index in [1.165, 1.54) is 5.56 Å². The van der Waals surface area contributed by atoms with Crippen molar-refractivity contribution in [2.45, 2.75) is 0 Å². The van der Waals surface area contributed by atoms with Crippen LogP contribution in [0.15, 0.2) is 67.3 Å². The van der Waals surface area contributed by atoms with E-state index in [4.69, 9.17) is 0 Å². The molecule has 0 N–H and O–H groups in total. The standard InChI is InChI=1S/C20H22N6/c1-2-6-18(7-3-1)8-4-10-24-12-14-25(15-13-24)19-16-20(22-17-21-19)26-11-5-9-23-26/h1-9,11,16-17H,10,12-15H2/b8-4+. The van der Waals surface area contributed by atoms with Crippen LogP contribution >= 0.6 is 0 Å². The summed E-state index contributed by atoms with van der Waals surface area (Å²) in [7, 11) is 0. The monoisotopic (exact) mass is 346 g/mol. The molecule has 0 aliphatic carbocycles. The first-order valence-electron chi connectivity index (χ1n) is 8.89. The Morgan fingerprint density at radius 3 is 2.50 bits per heavy atom. The zero-order chi connectivity index (χ0) is 17.6. The van der Waals surface area contributed by atoms with Crippen LogP contribution in [-0.4, -0.2) is 57.4 Å². The molecule has 6 nitrogen and oxygen atoms in total. The molecule has 4 rings (SSSR count). The van der Waals surface area contributed by atoms with E-state index in [9.17, 15) is 0 Å². The SMILES string of the molecule is C(=C\c1ccccc1)/CN1CCN(c2cc(-n3cccn3)ncn2)CC1. The third-order valence-corrected chi connectivity index (χ3v) is 4.55. The molecule has 3 heterocycles. The van der Waals surface area contributed by atoms with Gasteiger partial charge in [-0.15, -0.1) is 0 Å². The molecule has 1 fully saturated rings. The fraction of sp³-hybridized carbons (Fsp3) is 0.250. The van der Waals surface area contributed by atoms with Gasteiger partial charge >= 0.3 is 0 Å².